The smallest absolute Gasteiger partial charge is 0.317 e. The van der Waals surface area contributed by atoms with Gasteiger partial charge in [-0.15, -0.1) is 0 Å². The number of nitrogens with one attached hydrogen (secondary N) is 1. The third-order valence-corrected chi connectivity index (χ3v) is 3.41. The molecule has 1 aromatic carbocycles. The number of benzene rings is 1. The van der Waals surface area contributed by atoms with Crippen LogP contribution in [0.1, 0.15) is 24.3 Å². The lowest BCUT2D eigenvalue weighted by atomic mass is 9.98. The summed E-state index contributed by atoms with van der Waals surface area (Å²) >= 11 is 0. The number of carboxylic acid groups (broad SMARTS) is 1. The van der Waals surface area contributed by atoms with E-state index in [-0.39, 0.29) is 30.7 Å². The van der Waals surface area contributed by atoms with Gasteiger partial charge < -0.3 is 15.3 Å². The van der Waals surface area contributed by atoms with Gasteiger partial charge in [0, 0.05) is 25.6 Å². The number of hydrogen-bond donors (Lipinski definition) is 2. The molecule has 1 heterocycles. The predicted octanol–water partition coefficient (Wildman–Crippen LogP) is 1.80. The number of urea groups is 1. The average Bonchev–Trinajstić information content (AvgIpc) is 2.87. The van der Waals surface area contributed by atoms with Crippen LogP contribution in [0.25, 0.3) is 0 Å². The lowest BCUT2D eigenvalue weighted by Gasteiger charge is -2.17. The molecule has 5 nitrogen and oxygen atoms in total. The van der Waals surface area contributed by atoms with E-state index in [0.717, 1.165) is 12.0 Å². The molecule has 0 aromatic heterocycles. The molecule has 0 spiro atoms. The standard InChI is InChI=1S/C14H17FN2O3/c15-12-3-1-2-10(8-12)11-5-7-17(9-11)14(20)16-6-4-13(18)19/h1-3,8,11H,4-7,9H2,(H,16,20)(H,18,19). The molecule has 0 bridgehead atoms. The van der Waals surface area contributed by atoms with E-state index >= 15 is 0 Å². The molecule has 1 aliphatic rings. The van der Waals surface area contributed by atoms with Crippen molar-refractivity contribution in [3.63, 3.8) is 0 Å². The first-order valence-corrected chi connectivity index (χ1v) is 6.56. The highest BCUT2D eigenvalue weighted by Gasteiger charge is 2.27. The fraction of sp³-hybridized carbons (Fsp3) is 0.429. The van der Waals surface area contributed by atoms with Crippen LogP contribution < -0.4 is 5.32 Å². The maximum Gasteiger partial charge on any atom is 0.317 e. The van der Waals surface area contributed by atoms with Gasteiger partial charge in [0.05, 0.1) is 6.42 Å². The van der Waals surface area contributed by atoms with Crippen LogP contribution in [-0.2, 0) is 4.79 Å². The molecule has 1 aliphatic heterocycles. The van der Waals surface area contributed by atoms with Crippen molar-refractivity contribution in [1.29, 1.82) is 0 Å². The van der Waals surface area contributed by atoms with Crippen molar-refractivity contribution in [3.05, 3.63) is 35.6 Å². The monoisotopic (exact) mass is 280 g/mol. The summed E-state index contributed by atoms with van der Waals surface area (Å²) in [6.07, 6.45) is 0.697. The minimum atomic E-state index is -0.940. The van der Waals surface area contributed by atoms with Crippen molar-refractivity contribution in [1.82, 2.24) is 10.2 Å². The number of aliphatic carboxylic acids is 1. The average molecular weight is 280 g/mol. The summed E-state index contributed by atoms with van der Waals surface area (Å²) < 4.78 is 13.2. The molecular weight excluding hydrogens is 263 g/mol. The summed E-state index contributed by atoms with van der Waals surface area (Å²) in [5.74, 6) is -1.08. The van der Waals surface area contributed by atoms with E-state index in [1.807, 2.05) is 6.07 Å². The summed E-state index contributed by atoms with van der Waals surface area (Å²) in [4.78, 5) is 23.8. The second-order valence-electron chi connectivity index (χ2n) is 4.86. The number of rotatable bonds is 4. The van der Waals surface area contributed by atoms with Crippen molar-refractivity contribution >= 4 is 12.0 Å². The molecule has 2 N–H and O–H groups in total. The fourth-order valence-corrected chi connectivity index (χ4v) is 2.37. The van der Waals surface area contributed by atoms with Gasteiger partial charge in [-0.1, -0.05) is 12.1 Å². The molecule has 108 valence electrons. The summed E-state index contributed by atoms with van der Waals surface area (Å²) in [5.41, 5.74) is 0.894. The van der Waals surface area contributed by atoms with E-state index < -0.39 is 5.97 Å². The van der Waals surface area contributed by atoms with Crippen LogP contribution in [0.3, 0.4) is 0 Å². The molecule has 0 aliphatic carbocycles. The minimum Gasteiger partial charge on any atom is -0.481 e. The van der Waals surface area contributed by atoms with Gasteiger partial charge in [0.1, 0.15) is 5.82 Å². The lowest BCUT2D eigenvalue weighted by molar-refractivity contribution is -0.136. The molecular formula is C14H17FN2O3. The summed E-state index contributed by atoms with van der Waals surface area (Å²) in [6.45, 7) is 1.25. The number of amides is 2. The van der Waals surface area contributed by atoms with E-state index in [0.29, 0.717) is 13.1 Å². The van der Waals surface area contributed by atoms with Crippen LogP contribution in [-0.4, -0.2) is 41.6 Å². The Hall–Kier alpha value is -2.11. The Bertz CT molecular complexity index is 507. The van der Waals surface area contributed by atoms with Crippen LogP contribution in [0.5, 0.6) is 0 Å². The third-order valence-electron chi connectivity index (χ3n) is 3.41. The molecule has 1 unspecified atom stereocenters. The first kappa shape index (κ1) is 14.3. The zero-order chi connectivity index (χ0) is 14.5. The van der Waals surface area contributed by atoms with Gasteiger partial charge in [-0.2, -0.15) is 0 Å². The highest BCUT2D eigenvalue weighted by Crippen LogP contribution is 2.27. The van der Waals surface area contributed by atoms with E-state index in [2.05, 4.69) is 5.32 Å². The molecule has 20 heavy (non-hydrogen) atoms. The van der Waals surface area contributed by atoms with E-state index in [4.69, 9.17) is 5.11 Å². The van der Waals surface area contributed by atoms with Gasteiger partial charge >= 0.3 is 12.0 Å². The van der Waals surface area contributed by atoms with E-state index in [9.17, 15) is 14.0 Å². The van der Waals surface area contributed by atoms with Crippen LogP contribution in [0.4, 0.5) is 9.18 Å². The minimum absolute atomic E-state index is 0.0904. The van der Waals surface area contributed by atoms with Gasteiger partial charge in [-0.3, -0.25) is 4.79 Å². The third kappa shape index (κ3) is 3.69. The molecule has 1 aromatic rings. The van der Waals surface area contributed by atoms with Gasteiger partial charge in [0.2, 0.25) is 0 Å². The number of carbonyl (C=O) groups excluding carboxylic acids is 1. The quantitative estimate of drug-likeness (QED) is 0.883. The van der Waals surface area contributed by atoms with Crippen molar-refractivity contribution < 1.29 is 19.1 Å². The number of likely N-dealkylation sites (tertiary alicyclic amines) is 1. The lowest BCUT2D eigenvalue weighted by Crippen LogP contribution is -2.39. The van der Waals surface area contributed by atoms with Gasteiger partial charge in [-0.25, -0.2) is 9.18 Å². The van der Waals surface area contributed by atoms with Crippen molar-refractivity contribution in [2.45, 2.75) is 18.8 Å². The molecule has 1 atom stereocenters. The Morgan fingerprint density at radius 1 is 1.45 bits per heavy atom. The van der Waals surface area contributed by atoms with Crippen LogP contribution in [0.15, 0.2) is 24.3 Å². The summed E-state index contributed by atoms with van der Waals surface area (Å²) in [6, 6.07) is 6.16. The molecule has 1 saturated heterocycles. The number of halogens is 1. The number of hydrogen-bond acceptors (Lipinski definition) is 2. The Morgan fingerprint density at radius 2 is 2.25 bits per heavy atom. The van der Waals surface area contributed by atoms with Crippen LogP contribution in [0, 0.1) is 5.82 Å². The zero-order valence-electron chi connectivity index (χ0n) is 11.0. The second kappa shape index (κ2) is 6.36. The fourth-order valence-electron chi connectivity index (χ4n) is 2.37. The van der Waals surface area contributed by atoms with Crippen molar-refractivity contribution in [2.75, 3.05) is 19.6 Å². The van der Waals surface area contributed by atoms with E-state index in [1.54, 1.807) is 11.0 Å². The predicted molar refractivity (Wildman–Crippen MR) is 71.0 cm³/mol. The highest BCUT2D eigenvalue weighted by molar-refractivity contribution is 5.75. The van der Waals surface area contributed by atoms with Crippen LogP contribution in [0.2, 0.25) is 0 Å². The topological polar surface area (TPSA) is 69.6 Å². The Balaban J connectivity index is 1.85. The Morgan fingerprint density at radius 3 is 2.95 bits per heavy atom. The molecule has 2 amide bonds. The SMILES string of the molecule is O=C(O)CCNC(=O)N1CCC(c2cccc(F)c2)C1. The number of carboxylic acids is 1. The summed E-state index contributed by atoms with van der Waals surface area (Å²) in [5, 5.41) is 11.1. The maximum atomic E-state index is 13.2. The largest absolute Gasteiger partial charge is 0.481 e. The molecule has 1 fully saturated rings. The molecule has 0 radical (unpaired) electrons. The normalized spacial score (nSPS) is 18.1. The zero-order valence-corrected chi connectivity index (χ0v) is 11.0. The van der Waals surface area contributed by atoms with Gasteiger partial charge in [0.25, 0.3) is 0 Å². The number of nitrogens with zero attached hydrogens (tertiary/aromatic N) is 1. The van der Waals surface area contributed by atoms with Crippen molar-refractivity contribution in [2.24, 2.45) is 0 Å². The Labute approximate surface area is 116 Å². The molecule has 0 saturated carbocycles. The Kier molecular flexibility index (Phi) is 4.55. The molecule has 2 rings (SSSR count). The number of carbonyl (C=O) groups is 2. The van der Waals surface area contributed by atoms with Gasteiger partial charge in [-0.05, 0) is 24.1 Å². The molecule has 6 heteroatoms. The van der Waals surface area contributed by atoms with Gasteiger partial charge in [0.15, 0.2) is 0 Å². The maximum absolute atomic E-state index is 13.2. The van der Waals surface area contributed by atoms with Crippen molar-refractivity contribution in [3.8, 4) is 0 Å². The summed E-state index contributed by atoms with van der Waals surface area (Å²) in [7, 11) is 0. The highest BCUT2D eigenvalue weighted by atomic mass is 19.1. The second-order valence-corrected chi connectivity index (χ2v) is 4.86. The van der Waals surface area contributed by atoms with E-state index in [1.165, 1.54) is 12.1 Å². The first-order valence-electron chi connectivity index (χ1n) is 6.56. The van der Waals surface area contributed by atoms with Crippen LogP contribution >= 0.6 is 0 Å². The first-order chi connectivity index (χ1) is 9.56.